The Bertz CT molecular complexity index is 1580. The van der Waals surface area contributed by atoms with E-state index < -0.39 is 17.6 Å². The molecule has 2 N–H and O–H groups in total. The Balaban J connectivity index is 1.30. The van der Waals surface area contributed by atoms with Gasteiger partial charge in [-0.1, -0.05) is 18.2 Å². The van der Waals surface area contributed by atoms with Crippen LogP contribution in [0.1, 0.15) is 27.0 Å². The van der Waals surface area contributed by atoms with Crippen molar-refractivity contribution in [1.82, 2.24) is 19.6 Å². The Kier molecular flexibility index (Phi) is 6.77. The van der Waals surface area contributed by atoms with Gasteiger partial charge in [-0.25, -0.2) is 0 Å². The van der Waals surface area contributed by atoms with E-state index >= 15 is 0 Å². The SMILES string of the molecule is CN(C)Cc1ccc(NC(=O)CN2Cc3cccc(Nc4ccc5c(cnn5C)c4)c3C2=O)cc1C(F)(F)F. The number of hydrogen-bond donors (Lipinski definition) is 2. The molecule has 8 nitrogen and oxygen atoms in total. The molecule has 0 atom stereocenters. The number of halogens is 3. The van der Waals surface area contributed by atoms with Crippen LogP contribution in [0.3, 0.4) is 0 Å². The van der Waals surface area contributed by atoms with Gasteiger partial charge in [0.25, 0.3) is 5.91 Å². The summed E-state index contributed by atoms with van der Waals surface area (Å²) in [5.41, 5.74) is 2.91. The van der Waals surface area contributed by atoms with Gasteiger partial charge in [-0.15, -0.1) is 0 Å². The van der Waals surface area contributed by atoms with E-state index in [0.717, 1.165) is 28.2 Å². The quantitative estimate of drug-likeness (QED) is 0.348. The first kappa shape index (κ1) is 26.2. The molecule has 39 heavy (non-hydrogen) atoms. The summed E-state index contributed by atoms with van der Waals surface area (Å²) in [7, 11) is 5.22. The molecule has 0 spiro atoms. The van der Waals surface area contributed by atoms with Crippen molar-refractivity contribution in [3.8, 4) is 0 Å². The number of alkyl halides is 3. The van der Waals surface area contributed by atoms with Crippen LogP contribution in [-0.2, 0) is 31.1 Å². The third-order valence-electron chi connectivity index (χ3n) is 6.56. The van der Waals surface area contributed by atoms with Gasteiger partial charge in [0.05, 0.1) is 28.5 Å². The summed E-state index contributed by atoms with van der Waals surface area (Å²) in [5.74, 6) is -0.913. The molecule has 0 unspecified atom stereocenters. The molecule has 0 saturated heterocycles. The van der Waals surface area contributed by atoms with Crippen LogP contribution in [-0.4, -0.2) is 52.0 Å². The van der Waals surface area contributed by atoms with E-state index in [1.165, 1.54) is 17.0 Å². The Morgan fingerprint density at radius 2 is 1.85 bits per heavy atom. The molecule has 1 aliphatic heterocycles. The van der Waals surface area contributed by atoms with Gasteiger partial charge < -0.3 is 20.4 Å². The van der Waals surface area contributed by atoms with Crippen molar-refractivity contribution >= 4 is 39.8 Å². The lowest BCUT2D eigenvalue weighted by Gasteiger charge is -2.19. The number of rotatable bonds is 7. The summed E-state index contributed by atoms with van der Waals surface area (Å²) < 4.78 is 42.6. The molecule has 1 aliphatic rings. The minimum atomic E-state index is -4.57. The maximum atomic E-state index is 13.6. The maximum Gasteiger partial charge on any atom is 0.416 e. The van der Waals surface area contributed by atoms with Crippen molar-refractivity contribution in [3.05, 3.63) is 83.0 Å². The molecular formula is C28H27F3N6O2. The third kappa shape index (κ3) is 5.44. The fourth-order valence-corrected chi connectivity index (χ4v) is 4.82. The Hall–Kier alpha value is -4.38. The van der Waals surface area contributed by atoms with Crippen LogP contribution in [0.15, 0.2) is 60.8 Å². The van der Waals surface area contributed by atoms with Crippen LogP contribution in [0.4, 0.5) is 30.2 Å². The fourth-order valence-electron chi connectivity index (χ4n) is 4.82. The van der Waals surface area contributed by atoms with Gasteiger partial charge in [0.15, 0.2) is 0 Å². The zero-order valence-electron chi connectivity index (χ0n) is 21.6. The van der Waals surface area contributed by atoms with E-state index in [2.05, 4.69) is 15.7 Å². The standard InChI is InChI=1S/C28H27F3N6O2/c1-35(2)14-17-7-8-21(12-22(17)28(29,30)31)34-25(38)16-37-15-18-5-4-6-23(26(18)27(37)39)33-20-9-10-24-19(11-20)13-32-36(24)3/h4-13,33H,14-16H2,1-3H3,(H,34,38). The highest BCUT2D eigenvalue weighted by atomic mass is 19.4. The lowest BCUT2D eigenvalue weighted by Crippen LogP contribution is -2.33. The van der Waals surface area contributed by atoms with Crippen molar-refractivity contribution in [2.45, 2.75) is 19.3 Å². The number of fused-ring (bicyclic) bond motifs is 2. The normalized spacial score (nSPS) is 13.3. The van der Waals surface area contributed by atoms with E-state index in [1.807, 2.05) is 37.4 Å². The lowest BCUT2D eigenvalue weighted by atomic mass is 10.1. The van der Waals surface area contributed by atoms with Crippen LogP contribution < -0.4 is 10.6 Å². The van der Waals surface area contributed by atoms with Crippen molar-refractivity contribution in [3.63, 3.8) is 0 Å². The molecule has 0 aliphatic carbocycles. The van der Waals surface area contributed by atoms with Gasteiger partial charge in [-0.05, 0) is 61.6 Å². The Morgan fingerprint density at radius 1 is 1.08 bits per heavy atom. The Morgan fingerprint density at radius 3 is 2.59 bits per heavy atom. The summed E-state index contributed by atoms with van der Waals surface area (Å²) >= 11 is 0. The van der Waals surface area contributed by atoms with Crippen molar-refractivity contribution in [2.24, 2.45) is 7.05 Å². The predicted octanol–water partition coefficient (Wildman–Crippen LogP) is 4.99. The molecular weight excluding hydrogens is 509 g/mol. The molecule has 0 fully saturated rings. The Labute approximate surface area is 223 Å². The maximum absolute atomic E-state index is 13.6. The fraction of sp³-hybridized carbons (Fsp3) is 0.250. The number of carbonyl (C=O) groups is 2. The molecule has 202 valence electrons. The first-order chi connectivity index (χ1) is 18.5. The first-order valence-electron chi connectivity index (χ1n) is 12.2. The number of aromatic nitrogens is 2. The molecule has 2 heterocycles. The highest BCUT2D eigenvalue weighted by molar-refractivity contribution is 6.06. The zero-order valence-corrected chi connectivity index (χ0v) is 21.6. The summed E-state index contributed by atoms with van der Waals surface area (Å²) in [6, 6.07) is 14.9. The molecule has 4 aromatic rings. The third-order valence-corrected chi connectivity index (χ3v) is 6.56. The van der Waals surface area contributed by atoms with Gasteiger partial charge in [-0.2, -0.15) is 18.3 Å². The molecule has 5 rings (SSSR count). The molecule has 0 bridgehead atoms. The topological polar surface area (TPSA) is 82.5 Å². The number of benzene rings is 3. The highest BCUT2D eigenvalue weighted by Crippen LogP contribution is 2.35. The number of nitrogens with one attached hydrogen (secondary N) is 2. The zero-order chi connectivity index (χ0) is 27.9. The number of carbonyl (C=O) groups excluding carboxylic acids is 2. The van der Waals surface area contributed by atoms with Crippen LogP contribution in [0.5, 0.6) is 0 Å². The molecule has 11 heteroatoms. The second-order valence-corrected chi connectivity index (χ2v) is 9.82. The van der Waals surface area contributed by atoms with E-state index in [4.69, 9.17) is 0 Å². The van der Waals surface area contributed by atoms with Gasteiger partial charge in [0, 0.05) is 36.9 Å². The number of aryl methyl sites for hydroxylation is 1. The molecule has 2 amide bonds. The van der Waals surface area contributed by atoms with E-state index in [0.29, 0.717) is 11.3 Å². The van der Waals surface area contributed by atoms with Gasteiger partial charge in [0.1, 0.15) is 6.54 Å². The van der Waals surface area contributed by atoms with Gasteiger partial charge >= 0.3 is 6.18 Å². The number of hydrogen-bond acceptors (Lipinski definition) is 5. The smallest absolute Gasteiger partial charge is 0.355 e. The molecule has 0 saturated carbocycles. The summed E-state index contributed by atoms with van der Waals surface area (Å²) in [5, 5.41) is 11.0. The van der Waals surface area contributed by atoms with E-state index in [-0.39, 0.29) is 36.8 Å². The molecule has 0 radical (unpaired) electrons. The van der Waals surface area contributed by atoms with Gasteiger partial charge in [-0.3, -0.25) is 14.3 Å². The van der Waals surface area contributed by atoms with Crippen molar-refractivity contribution in [1.29, 1.82) is 0 Å². The van der Waals surface area contributed by atoms with Crippen LogP contribution >= 0.6 is 0 Å². The first-order valence-corrected chi connectivity index (χ1v) is 12.2. The van der Waals surface area contributed by atoms with Crippen LogP contribution in [0.2, 0.25) is 0 Å². The van der Waals surface area contributed by atoms with Crippen LogP contribution in [0, 0.1) is 0 Å². The lowest BCUT2D eigenvalue weighted by molar-refractivity contribution is -0.138. The predicted molar refractivity (Wildman–Crippen MR) is 143 cm³/mol. The second-order valence-electron chi connectivity index (χ2n) is 9.82. The second kappa shape index (κ2) is 10.1. The largest absolute Gasteiger partial charge is 0.416 e. The number of anilines is 3. The molecule has 1 aromatic heterocycles. The number of nitrogens with zero attached hydrogens (tertiary/aromatic N) is 4. The van der Waals surface area contributed by atoms with Crippen molar-refractivity contribution in [2.75, 3.05) is 31.3 Å². The summed E-state index contributed by atoms with van der Waals surface area (Å²) in [6.07, 6.45) is -2.81. The van der Waals surface area contributed by atoms with E-state index in [9.17, 15) is 22.8 Å². The van der Waals surface area contributed by atoms with Crippen LogP contribution in [0.25, 0.3) is 10.9 Å². The average molecular weight is 537 g/mol. The average Bonchev–Trinajstić information content (AvgIpc) is 3.38. The highest BCUT2D eigenvalue weighted by Gasteiger charge is 2.34. The summed E-state index contributed by atoms with van der Waals surface area (Å²) in [4.78, 5) is 29.1. The summed E-state index contributed by atoms with van der Waals surface area (Å²) in [6.45, 7) is 0.0276. The minimum Gasteiger partial charge on any atom is -0.355 e. The van der Waals surface area contributed by atoms with Crippen molar-refractivity contribution < 1.29 is 22.8 Å². The molecule has 3 aromatic carbocycles. The number of amides is 2. The van der Waals surface area contributed by atoms with Gasteiger partial charge in [0.2, 0.25) is 5.91 Å². The van der Waals surface area contributed by atoms with E-state index in [1.54, 1.807) is 35.9 Å². The monoisotopic (exact) mass is 536 g/mol. The minimum absolute atomic E-state index is 0.0205.